The highest BCUT2D eigenvalue weighted by Gasteiger charge is 2.10. The summed E-state index contributed by atoms with van der Waals surface area (Å²) < 4.78 is 2.20. The number of likely N-dealkylation sites (N-methyl/N-ethyl adjacent to an activating group) is 1. The Balaban J connectivity index is 1.77. The topological polar surface area (TPSA) is 57.5 Å². The predicted octanol–water partition coefficient (Wildman–Crippen LogP) is 3.81. The number of hydrogen-bond donors (Lipinski definition) is 2. The molecule has 3 aromatic rings. The lowest BCUT2D eigenvalue weighted by Crippen LogP contribution is -2.17. The largest absolute Gasteiger partial charge is 0.506 e. The number of amides is 1. The zero-order chi connectivity index (χ0) is 18.0. The lowest BCUT2D eigenvalue weighted by atomic mass is 10.2. The molecule has 130 valence electrons. The van der Waals surface area contributed by atoms with Crippen LogP contribution in [-0.2, 0) is 6.54 Å². The maximum absolute atomic E-state index is 12.3. The number of fused-ring (bicyclic) bond motifs is 1. The summed E-state index contributed by atoms with van der Waals surface area (Å²) in [5, 5.41) is 13.5. The van der Waals surface area contributed by atoms with Gasteiger partial charge in [0.15, 0.2) is 0 Å². The summed E-state index contributed by atoms with van der Waals surface area (Å²) in [7, 11) is 4.10. The molecule has 0 bridgehead atoms. The van der Waals surface area contributed by atoms with Crippen LogP contribution in [0, 0.1) is 0 Å². The number of halogens is 1. The fraction of sp³-hybridized carbons (Fsp3) is 0.211. The van der Waals surface area contributed by atoms with Gasteiger partial charge < -0.3 is 19.9 Å². The molecule has 0 aliphatic carbocycles. The molecule has 0 saturated heterocycles. The quantitative estimate of drug-likeness (QED) is 0.730. The summed E-state index contributed by atoms with van der Waals surface area (Å²) in [6.45, 7) is 1.87. The van der Waals surface area contributed by atoms with Crippen molar-refractivity contribution in [3.8, 4) is 5.75 Å². The van der Waals surface area contributed by atoms with Gasteiger partial charge in [-0.3, -0.25) is 4.79 Å². The van der Waals surface area contributed by atoms with E-state index >= 15 is 0 Å². The maximum Gasteiger partial charge on any atom is 0.255 e. The Hall–Kier alpha value is -2.50. The van der Waals surface area contributed by atoms with E-state index in [1.807, 2.05) is 24.3 Å². The van der Waals surface area contributed by atoms with Gasteiger partial charge >= 0.3 is 0 Å². The number of carbonyl (C=O) groups excluding carboxylic acids is 1. The highest BCUT2D eigenvalue weighted by Crippen LogP contribution is 2.25. The number of rotatable bonds is 5. The fourth-order valence-corrected chi connectivity index (χ4v) is 2.81. The third-order valence-corrected chi connectivity index (χ3v) is 4.33. The molecule has 0 radical (unpaired) electrons. The van der Waals surface area contributed by atoms with E-state index in [2.05, 4.69) is 35.1 Å². The maximum atomic E-state index is 12.3. The molecule has 0 atom stereocenters. The van der Waals surface area contributed by atoms with Crippen LogP contribution in [0.4, 0.5) is 5.69 Å². The van der Waals surface area contributed by atoms with E-state index in [9.17, 15) is 9.90 Å². The third kappa shape index (κ3) is 3.95. The summed E-state index contributed by atoms with van der Waals surface area (Å²) >= 11 is 5.86. The molecule has 1 aromatic heterocycles. The van der Waals surface area contributed by atoms with Crippen molar-refractivity contribution < 1.29 is 9.90 Å². The van der Waals surface area contributed by atoms with Crippen molar-refractivity contribution in [2.75, 3.05) is 26.0 Å². The monoisotopic (exact) mass is 357 g/mol. The summed E-state index contributed by atoms with van der Waals surface area (Å²) in [5.74, 6) is -0.313. The molecule has 3 rings (SSSR count). The minimum atomic E-state index is -0.270. The van der Waals surface area contributed by atoms with Crippen molar-refractivity contribution in [3.05, 3.63) is 59.2 Å². The first-order valence-corrected chi connectivity index (χ1v) is 8.35. The molecule has 0 aliphatic heterocycles. The van der Waals surface area contributed by atoms with Crippen LogP contribution in [0.25, 0.3) is 10.9 Å². The first-order valence-electron chi connectivity index (χ1n) is 7.97. The van der Waals surface area contributed by atoms with Gasteiger partial charge in [0.25, 0.3) is 5.91 Å². The number of phenols is 1. The fourth-order valence-electron chi connectivity index (χ4n) is 2.63. The van der Waals surface area contributed by atoms with Gasteiger partial charge in [0.05, 0.1) is 5.02 Å². The number of carbonyl (C=O) groups is 1. The lowest BCUT2D eigenvalue weighted by molar-refractivity contribution is 0.102. The van der Waals surface area contributed by atoms with E-state index in [-0.39, 0.29) is 16.7 Å². The number of nitrogens with zero attached hydrogens (tertiary/aromatic N) is 2. The summed E-state index contributed by atoms with van der Waals surface area (Å²) in [5.41, 5.74) is 2.24. The van der Waals surface area contributed by atoms with Gasteiger partial charge in [-0.25, -0.2) is 0 Å². The van der Waals surface area contributed by atoms with E-state index in [1.165, 1.54) is 18.2 Å². The van der Waals surface area contributed by atoms with Gasteiger partial charge in [-0.1, -0.05) is 11.6 Å². The van der Waals surface area contributed by atoms with Crippen LogP contribution in [0.3, 0.4) is 0 Å². The normalized spacial score (nSPS) is 11.2. The average Bonchev–Trinajstić information content (AvgIpc) is 2.97. The molecular formula is C19H20ClN3O2. The molecule has 25 heavy (non-hydrogen) atoms. The van der Waals surface area contributed by atoms with Gasteiger partial charge in [-0.05, 0) is 56.6 Å². The zero-order valence-corrected chi connectivity index (χ0v) is 14.9. The van der Waals surface area contributed by atoms with Crippen molar-refractivity contribution in [3.63, 3.8) is 0 Å². The van der Waals surface area contributed by atoms with E-state index < -0.39 is 0 Å². The van der Waals surface area contributed by atoms with Gasteiger partial charge in [0, 0.05) is 41.4 Å². The molecule has 6 heteroatoms. The molecular weight excluding hydrogens is 338 g/mol. The second kappa shape index (κ2) is 7.17. The average molecular weight is 358 g/mol. The van der Waals surface area contributed by atoms with Crippen LogP contribution < -0.4 is 5.32 Å². The predicted molar refractivity (Wildman–Crippen MR) is 102 cm³/mol. The standard InChI is InChI=1S/C19H20ClN3O2/c1-22(2)9-10-23-8-7-13-11-15(4-5-17(13)23)21-19(25)14-3-6-18(24)16(20)12-14/h3-8,11-12,24H,9-10H2,1-2H3,(H,21,25). The molecule has 0 spiro atoms. The van der Waals surface area contributed by atoms with Crippen molar-refractivity contribution in [1.82, 2.24) is 9.47 Å². The second-order valence-electron chi connectivity index (χ2n) is 6.21. The Morgan fingerprint density at radius 2 is 2.00 bits per heavy atom. The molecule has 2 N–H and O–H groups in total. The summed E-state index contributed by atoms with van der Waals surface area (Å²) in [6, 6.07) is 12.3. The van der Waals surface area contributed by atoms with Crippen molar-refractivity contribution in [1.29, 1.82) is 0 Å². The summed E-state index contributed by atoms with van der Waals surface area (Å²) in [6.07, 6.45) is 2.06. The van der Waals surface area contributed by atoms with Crippen molar-refractivity contribution in [2.45, 2.75) is 6.54 Å². The van der Waals surface area contributed by atoms with Crippen LogP contribution >= 0.6 is 11.6 Å². The Labute approximate surface area is 151 Å². The Kier molecular flexibility index (Phi) is 4.97. The van der Waals surface area contributed by atoms with Crippen molar-refractivity contribution >= 4 is 34.1 Å². The highest BCUT2D eigenvalue weighted by atomic mass is 35.5. The van der Waals surface area contributed by atoms with Gasteiger partial charge in [-0.2, -0.15) is 0 Å². The zero-order valence-electron chi connectivity index (χ0n) is 14.2. The van der Waals surface area contributed by atoms with E-state index in [4.69, 9.17) is 11.6 Å². The van der Waals surface area contributed by atoms with Gasteiger partial charge in [-0.15, -0.1) is 0 Å². The summed E-state index contributed by atoms with van der Waals surface area (Å²) in [4.78, 5) is 14.5. The van der Waals surface area contributed by atoms with E-state index in [0.717, 1.165) is 24.0 Å². The molecule has 0 saturated carbocycles. The van der Waals surface area contributed by atoms with Crippen LogP contribution in [0.5, 0.6) is 5.75 Å². The number of aromatic hydroxyl groups is 1. The first-order chi connectivity index (χ1) is 11.9. The Morgan fingerprint density at radius 3 is 2.72 bits per heavy atom. The lowest BCUT2D eigenvalue weighted by Gasteiger charge is -2.11. The molecule has 1 heterocycles. The molecule has 2 aromatic carbocycles. The molecule has 1 amide bonds. The first kappa shape index (κ1) is 17.3. The van der Waals surface area contributed by atoms with E-state index in [0.29, 0.717) is 11.3 Å². The minimum absolute atomic E-state index is 0.0429. The minimum Gasteiger partial charge on any atom is -0.506 e. The number of benzene rings is 2. The SMILES string of the molecule is CN(C)CCn1ccc2cc(NC(=O)c3ccc(O)c(Cl)c3)ccc21. The molecule has 5 nitrogen and oxygen atoms in total. The number of aromatic nitrogens is 1. The number of nitrogens with one attached hydrogen (secondary N) is 1. The van der Waals surface area contributed by atoms with Gasteiger partial charge in [0.1, 0.15) is 5.75 Å². The van der Waals surface area contributed by atoms with Gasteiger partial charge in [0.2, 0.25) is 0 Å². The number of anilines is 1. The van der Waals surface area contributed by atoms with Crippen LogP contribution in [0.2, 0.25) is 5.02 Å². The Bertz CT molecular complexity index is 918. The smallest absolute Gasteiger partial charge is 0.255 e. The highest BCUT2D eigenvalue weighted by molar-refractivity contribution is 6.32. The van der Waals surface area contributed by atoms with Crippen LogP contribution in [-0.4, -0.2) is 41.1 Å². The van der Waals surface area contributed by atoms with Crippen LogP contribution in [0.1, 0.15) is 10.4 Å². The number of hydrogen-bond acceptors (Lipinski definition) is 3. The molecule has 0 unspecified atom stereocenters. The molecule has 0 fully saturated rings. The third-order valence-electron chi connectivity index (χ3n) is 4.03. The number of phenolic OH excluding ortho intramolecular Hbond substituents is 1. The van der Waals surface area contributed by atoms with Crippen LogP contribution in [0.15, 0.2) is 48.7 Å². The van der Waals surface area contributed by atoms with E-state index in [1.54, 1.807) is 0 Å². The second-order valence-corrected chi connectivity index (χ2v) is 6.61. The Morgan fingerprint density at radius 1 is 1.20 bits per heavy atom. The van der Waals surface area contributed by atoms with Crippen molar-refractivity contribution in [2.24, 2.45) is 0 Å². The molecule has 0 aliphatic rings.